The van der Waals surface area contributed by atoms with Gasteiger partial charge in [-0.05, 0) is 19.3 Å². The highest BCUT2D eigenvalue weighted by molar-refractivity contribution is 5.60. The van der Waals surface area contributed by atoms with Crippen molar-refractivity contribution < 1.29 is 0 Å². The first kappa shape index (κ1) is 17.3. The van der Waals surface area contributed by atoms with Gasteiger partial charge in [0.15, 0.2) is 0 Å². The van der Waals surface area contributed by atoms with E-state index in [0.29, 0.717) is 12.2 Å². The van der Waals surface area contributed by atoms with Gasteiger partial charge in [0, 0.05) is 12.6 Å². The molecule has 4 N–H and O–H groups in total. The van der Waals surface area contributed by atoms with Crippen LogP contribution in [0.25, 0.3) is 0 Å². The Morgan fingerprint density at radius 1 is 1.14 bits per heavy atom. The minimum atomic E-state index is -0.439. The van der Waals surface area contributed by atoms with Crippen molar-refractivity contribution in [3.05, 3.63) is 20.8 Å². The van der Waals surface area contributed by atoms with Crippen molar-refractivity contribution in [2.75, 3.05) is 11.1 Å². The number of rotatable bonds is 9. The van der Waals surface area contributed by atoms with E-state index in [1.54, 1.807) is 0 Å². The first-order valence-electron chi connectivity index (χ1n) is 7.94. The van der Waals surface area contributed by atoms with Crippen molar-refractivity contribution in [2.45, 2.75) is 71.9 Å². The van der Waals surface area contributed by atoms with Gasteiger partial charge in [-0.2, -0.15) is 0 Å². The SMILES string of the molecule is CCCCC(CCC)Nc1c(N)n(CCC)c(=O)[nH]c1=O. The third-order valence-corrected chi connectivity index (χ3v) is 3.58. The van der Waals surface area contributed by atoms with Gasteiger partial charge in [0.25, 0.3) is 5.56 Å². The van der Waals surface area contributed by atoms with Crippen LogP contribution in [0, 0.1) is 0 Å². The summed E-state index contributed by atoms with van der Waals surface area (Å²) in [4.78, 5) is 26.2. The predicted octanol–water partition coefficient (Wildman–Crippen LogP) is 2.30. The molecule has 0 spiro atoms. The fraction of sp³-hybridized carbons (Fsp3) is 0.733. The molecule has 6 heteroatoms. The van der Waals surface area contributed by atoms with E-state index in [1.165, 1.54) is 4.57 Å². The Hall–Kier alpha value is -1.72. The fourth-order valence-electron chi connectivity index (χ4n) is 2.46. The first-order valence-corrected chi connectivity index (χ1v) is 7.94. The van der Waals surface area contributed by atoms with Gasteiger partial charge in [0.1, 0.15) is 11.5 Å². The van der Waals surface area contributed by atoms with Crippen LogP contribution in [-0.4, -0.2) is 15.6 Å². The van der Waals surface area contributed by atoms with E-state index >= 15 is 0 Å². The number of nitrogen functional groups attached to an aromatic ring is 1. The normalized spacial score (nSPS) is 12.3. The van der Waals surface area contributed by atoms with Gasteiger partial charge >= 0.3 is 5.69 Å². The lowest BCUT2D eigenvalue weighted by atomic mass is 10.0. The van der Waals surface area contributed by atoms with Crippen molar-refractivity contribution >= 4 is 11.5 Å². The van der Waals surface area contributed by atoms with Gasteiger partial charge in [0.2, 0.25) is 0 Å². The van der Waals surface area contributed by atoms with Crippen LogP contribution in [0.15, 0.2) is 9.59 Å². The first-order chi connectivity index (χ1) is 10.0. The zero-order valence-corrected chi connectivity index (χ0v) is 13.4. The summed E-state index contributed by atoms with van der Waals surface area (Å²) in [5.41, 5.74) is 5.49. The van der Waals surface area contributed by atoms with Crippen molar-refractivity contribution in [3.8, 4) is 0 Å². The smallest absolute Gasteiger partial charge is 0.330 e. The third-order valence-electron chi connectivity index (χ3n) is 3.58. The van der Waals surface area contributed by atoms with Gasteiger partial charge in [-0.3, -0.25) is 14.3 Å². The number of aromatic nitrogens is 2. The van der Waals surface area contributed by atoms with E-state index < -0.39 is 11.2 Å². The van der Waals surface area contributed by atoms with E-state index in [2.05, 4.69) is 24.1 Å². The molecule has 0 aliphatic carbocycles. The monoisotopic (exact) mass is 296 g/mol. The van der Waals surface area contributed by atoms with Gasteiger partial charge in [-0.1, -0.05) is 40.0 Å². The molecule has 1 atom stereocenters. The molecule has 1 heterocycles. The van der Waals surface area contributed by atoms with E-state index in [4.69, 9.17) is 5.73 Å². The molecular formula is C15H28N4O2. The maximum Gasteiger partial charge on any atom is 0.330 e. The predicted molar refractivity (Wildman–Crippen MR) is 87.9 cm³/mol. The van der Waals surface area contributed by atoms with Crippen molar-refractivity contribution in [1.29, 1.82) is 0 Å². The van der Waals surface area contributed by atoms with Crippen LogP contribution in [0.5, 0.6) is 0 Å². The molecule has 0 aliphatic heterocycles. The Bertz CT molecular complexity index is 548. The maximum atomic E-state index is 12.0. The molecule has 0 saturated carbocycles. The molecule has 120 valence electrons. The summed E-state index contributed by atoms with van der Waals surface area (Å²) >= 11 is 0. The number of aromatic amines is 1. The Morgan fingerprint density at radius 2 is 1.86 bits per heavy atom. The number of nitrogens with two attached hydrogens (primary N) is 1. The summed E-state index contributed by atoms with van der Waals surface area (Å²) in [6, 6.07) is 0.214. The molecule has 6 nitrogen and oxygen atoms in total. The molecule has 1 aromatic rings. The summed E-state index contributed by atoms with van der Waals surface area (Å²) < 4.78 is 1.42. The second-order valence-corrected chi connectivity index (χ2v) is 5.44. The fourth-order valence-corrected chi connectivity index (χ4v) is 2.46. The third kappa shape index (κ3) is 4.65. The molecule has 1 unspecified atom stereocenters. The molecule has 1 rings (SSSR count). The van der Waals surface area contributed by atoms with Crippen LogP contribution in [0.2, 0.25) is 0 Å². The van der Waals surface area contributed by atoms with Crippen LogP contribution in [-0.2, 0) is 6.54 Å². The largest absolute Gasteiger partial charge is 0.383 e. The van der Waals surface area contributed by atoms with E-state index in [9.17, 15) is 9.59 Å². The van der Waals surface area contributed by atoms with Gasteiger partial charge in [-0.25, -0.2) is 4.79 Å². The van der Waals surface area contributed by atoms with Crippen LogP contribution in [0.1, 0.15) is 59.3 Å². The topological polar surface area (TPSA) is 92.9 Å². The van der Waals surface area contributed by atoms with Crippen LogP contribution >= 0.6 is 0 Å². The number of anilines is 2. The van der Waals surface area contributed by atoms with Crippen LogP contribution in [0.4, 0.5) is 11.5 Å². The Balaban J connectivity index is 3.07. The average molecular weight is 296 g/mol. The molecule has 0 aliphatic rings. The number of nitrogens with zero attached hydrogens (tertiary/aromatic N) is 1. The minimum absolute atomic E-state index is 0.214. The van der Waals surface area contributed by atoms with E-state index in [-0.39, 0.29) is 11.9 Å². The Kier molecular flexibility index (Phi) is 7.05. The van der Waals surface area contributed by atoms with Crippen LogP contribution < -0.4 is 22.3 Å². The van der Waals surface area contributed by atoms with Gasteiger partial charge in [-0.15, -0.1) is 0 Å². The van der Waals surface area contributed by atoms with E-state index in [0.717, 1.165) is 38.5 Å². The molecular weight excluding hydrogens is 268 g/mol. The van der Waals surface area contributed by atoms with Crippen molar-refractivity contribution in [2.24, 2.45) is 0 Å². The summed E-state index contributed by atoms with van der Waals surface area (Å²) in [6.07, 6.45) is 6.01. The second kappa shape index (κ2) is 8.54. The number of H-pyrrole nitrogens is 1. The number of nitrogens with one attached hydrogen (secondary N) is 2. The quantitative estimate of drug-likeness (QED) is 0.652. The van der Waals surface area contributed by atoms with Crippen LogP contribution in [0.3, 0.4) is 0 Å². The molecule has 0 fully saturated rings. The Labute approximate surface area is 125 Å². The highest BCUT2D eigenvalue weighted by atomic mass is 16.2. The van der Waals surface area contributed by atoms with E-state index in [1.807, 2.05) is 6.92 Å². The van der Waals surface area contributed by atoms with Crippen molar-refractivity contribution in [3.63, 3.8) is 0 Å². The zero-order valence-electron chi connectivity index (χ0n) is 13.4. The number of hydrogen-bond donors (Lipinski definition) is 3. The lowest BCUT2D eigenvalue weighted by Crippen LogP contribution is -2.36. The minimum Gasteiger partial charge on any atom is -0.383 e. The number of hydrogen-bond acceptors (Lipinski definition) is 4. The second-order valence-electron chi connectivity index (χ2n) is 5.44. The highest BCUT2D eigenvalue weighted by Crippen LogP contribution is 2.16. The summed E-state index contributed by atoms with van der Waals surface area (Å²) in [5.74, 6) is 0.239. The lowest BCUT2D eigenvalue weighted by molar-refractivity contribution is 0.562. The standard InChI is InChI=1S/C15H28N4O2/c1-4-7-9-11(8-5-2)17-12-13(16)19(10-6-3)15(21)18-14(12)20/h11,17H,4-10,16H2,1-3H3,(H,18,20,21). The van der Waals surface area contributed by atoms with Crippen molar-refractivity contribution in [1.82, 2.24) is 9.55 Å². The lowest BCUT2D eigenvalue weighted by Gasteiger charge is -2.21. The summed E-state index contributed by atoms with van der Waals surface area (Å²) in [5, 5.41) is 3.25. The van der Waals surface area contributed by atoms with Gasteiger partial charge < -0.3 is 11.1 Å². The summed E-state index contributed by atoms with van der Waals surface area (Å²) in [7, 11) is 0. The highest BCUT2D eigenvalue weighted by Gasteiger charge is 2.15. The Morgan fingerprint density at radius 3 is 2.43 bits per heavy atom. The average Bonchev–Trinajstić information content (AvgIpc) is 2.45. The van der Waals surface area contributed by atoms with Gasteiger partial charge in [0.05, 0.1) is 0 Å². The summed E-state index contributed by atoms with van der Waals surface area (Å²) in [6.45, 7) is 6.73. The number of unbranched alkanes of at least 4 members (excludes halogenated alkanes) is 1. The molecule has 21 heavy (non-hydrogen) atoms. The molecule has 1 aromatic heterocycles. The molecule has 0 radical (unpaired) electrons. The molecule has 0 aromatic carbocycles. The molecule has 0 saturated heterocycles. The maximum absolute atomic E-state index is 12.0. The zero-order chi connectivity index (χ0) is 15.8. The molecule has 0 bridgehead atoms. The molecule has 0 amide bonds.